The van der Waals surface area contributed by atoms with Crippen molar-refractivity contribution in [2.24, 2.45) is 0 Å². The van der Waals surface area contributed by atoms with Crippen LogP contribution in [-0.4, -0.2) is 41.5 Å². The monoisotopic (exact) mass is 504 g/mol. The lowest BCUT2D eigenvalue weighted by Crippen LogP contribution is -2.24. The number of ether oxygens (including phenoxy) is 2. The first kappa shape index (κ1) is 27.7. The molecule has 0 saturated carbocycles. The molecule has 0 aliphatic carbocycles. The summed E-state index contributed by atoms with van der Waals surface area (Å²) in [5, 5.41) is 13.4. The number of ketones is 1. The van der Waals surface area contributed by atoms with Gasteiger partial charge in [0.1, 0.15) is 17.2 Å². The molecule has 1 amide bonds. The number of carbonyl (C=O) groups excluding carboxylic acids is 2. The highest BCUT2D eigenvalue weighted by atomic mass is 16.5. The van der Waals surface area contributed by atoms with E-state index in [4.69, 9.17) is 9.47 Å². The summed E-state index contributed by atoms with van der Waals surface area (Å²) in [6.07, 6.45) is 8.59. The van der Waals surface area contributed by atoms with E-state index < -0.39 is 0 Å². The molecular weight excluding hydrogens is 468 g/mol. The number of phenolic OH excluding ortho intramolecular Hbond substituents is 1. The van der Waals surface area contributed by atoms with E-state index in [1.54, 1.807) is 42.6 Å². The lowest BCUT2D eigenvalue weighted by Gasteiger charge is -2.15. The Bertz CT molecular complexity index is 1150. The van der Waals surface area contributed by atoms with Crippen molar-refractivity contribution in [3.05, 3.63) is 83.2 Å². The van der Waals surface area contributed by atoms with E-state index in [9.17, 15) is 14.7 Å². The summed E-state index contributed by atoms with van der Waals surface area (Å²) in [6.45, 7) is 4.94. The van der Waals surface area contributed by atoms with E-state index in [1.807, 2.05) is 19.2 Å². The second-order valence-corrected chi connectivity index (χ2v) is 8.89. The van der Waals surface area contributed by atoms with Gasteiger partial charge in [-0.3, -0.25) is 14.6 Å². The summed E-state index contributed by atoms with van der Waals surface area (Å²) in [6, 6.07) is 14.4. The number of benzene rings is 2. The van der Waals surface area contributed by atoms with Crippen LogP contribution in [0.3, 0.4) is 0 Å². The Balaban J connectivity index is 1.36. The van der Waals surface area contributed by atoms with Gasteiger partial charge in [0.15, 0.2) is 5.78 Å². The van der Waals surface area contributed by atoms with Crippen LogP contribution < -0.4 is 14.8 Å². The highest BCUT2D eigenvalue weighted by molar-refractivity contribution is 5.97. The number of aryl methyl sites for hydroxylation is 1. The molecule has 0 fully saturated rings. The van der Waals surface area contributed by atoms with Crippen LogP contribution >= 0.6 is 0 Å². The molecule has 0 radical (unpaired) electrons. The molecule has 0 aliphatic rings. The summed E-state index contributed by atoms with van der Waals surface area (Å²) in [5.41, 5.74) is 2.79. The zero-order valence-electron chi connectivity index (χ0n) is 21.7. The van der Waals surface area contributed by atoms with E-state index in [0.29, 0.717) is 60.8 Å². The number of hydrogen-bond acceptors (Lipinski definition) is 6. The Morgan fingerprint density at radius 3 is 2.43 bits per heavy atom. The van der Waals surface area contributed by atoms with E-state index in [2.05, 4.69) is 16.4 Å². The molecule has 37 heavy (non-hydrogen) atoms. The molecule has 2 N–H and O–H groups in total. The number of aromatic nitrogens is 1. The fourth-order valence-corrected chi connectivity index (χ4v) is 3.97. The van der Waals surface area contributed by atoms with E-state index >= 15 is 0 Å². The van der Waals surface area contributed by atoms with Gasteiger partial charge in [-0.05, 0) is 80.6 Å². The number of unbranched alkanes of at least 4 members (excludes halogenated alkanes) is 1. The molecule has 0 bridgehead atoms. The zero-order valence-corrected chi connectivity index (χ0v) is 21.7. The predicted octanol–water partition coefficient (Wildman–Crippen LogP) is 5.54. The van der Waals surface area contributed by atoms with Gasteiger partial charge in [0.2, 0.25) is 0 Å². The number of aromatic hydroxyl groups is 1. The van der Waals surface area contributed by atoms with Gasteiger partial charge < -0.3 is 19.9 Å². The third-order valence-electron chi connectivity index (χ3n) is 5.95. The maximum absolute atomic E-state index is 12.4. The number of rotatable bonds is 15. The van der Waals surface area contributed by atoms with Gasteiger partial charge >= 0.3 is 0 Å². The molecule has 2 aromatic carbocycles. The molecule has 7 heteroatoms. The normalized spacial score (nSPS) is 10.6. The Morgan fingerprint density at radius 1 is 0.946 bits per heavy atom. The van der Waals surface area contributed by atoms with Gasteiger partial charge in [0, 0.05) is 36.5 Å². The molecule has 1 heterocycles. The van der Waals surface area contributed by atoms with Crippen molar-refractivity contribution < 1.29 is 24.2 Å². The molecular formula is C30H36N2O5. The third-order valence-corrected chi connectivity index (χ3v) is 5.95. The van der Waals surface area contributed by atoms with Crippen LogP contribution in [0.5, 0.6) is 17.2 Å². The fraction of sp³-hybridized carbons (Fsp3) is 0.367. The van der Waals surface area contributed by atoms with Crippen LogP contribution in [0.25, 0.3) is 0 Å². The standard InChI is InChI=1S/C30H36N2O5/c1-3-8-27-28(16-15-26(22(2)33)29(27)34)37-20-7-19-36-25-13-11-24(12-14-25)30(35)32-18-5-4-9-23-10-6-17-31-21-23/h6,10-17,21,34H,3-5,7-9,18-20H2,1-2H3,(H,32,35). The van der Waals surface area contributed by atoms with E-state index in [0.717, 1.165) is 25.7 Å². The molecule has 7 nitrogen and oxygen atoms in total. The van der Waals surface area contributed by atoms with Crippen LogP contribution in [0.4, 0.5) is 0 Å². The maximum Gasteiger partial charge on any atom is 0.251 e. The topological polar surface area (TPSA) is 97.8 Å². The van der Waals surface area contributed by atoms with Crippen molar-refractivity contribution in [1.29, 1.82) is 0 Å². The largest absolute Gasteiger partial charge is 0.507 e. The molecule has 0 unspecified atom stereocenters. The highest BCUT2D eigenvalue weighted by Gasteiger charge is 2.15. The second-order valence-electron chi connectivity index (χ2n) is 8.89. The SMILES string of the molecule is CCCc1c(OCCCOc2ccc(C(=O)NCCCCc3cccnc3)cc2)ccc(C(C)=O)c1O. The molecule has 0 saturated heterocycles. The number of hydrogen-bond donors (Lipinski definition) is 2. The average Bonchev–Trinajstić information content (AvgIpc) is 2.90. The van der Waals surface area contributed by atoms with E-state index in [-0.39, 0.29) is 17.4 Å². The summed E-state index contributed by atoms with van der Waals surface area (Å²) in [4.78, 5) is 28.2. The Kier molecular flexibility index (Phi) is 11.0. The van der Waals surface area contributed by atoms with Crippen LogP contribution in [-0.2, 0) is 12.8 Å². The molecule has 3 aromatic rings. The number of Topliss-reactive ketones (excluding diaryl/α,β-unsaturated/α-hetero) is 1. The first-order valence-electron chi connectivity index (χ1n) is 12.9. The van der Waals surface area contributed by atoms with Gasteiger partial charge in [0.05, 0.1) is 18.8 Å². The van der Waals surface area contributed by atoms with Gasteiger partial charge in [-0.1, -0.05) is 19.4 Å². The lowest BCUT2D eigenvalue weighted by atomic mass is 10.0. The molecule has 0 spiro atoms. The highest BCUT2D eigenvalue weighted by Crippen LogP contribution is 2.33. The minimum absolute atomic E-state index is 0.0111. The van der Waals surface area contributed by atoms with Crippen molar-refractivity contribution >= 4 is 11.7 Å². The molecule has 1 aromatic heterocycles. The zero-order chi connectivity index (χ0) is 26.5. The molecule has 0 atom stereocenters. The summed E-state index contributed by atoms with van der Waals surface area (Å²) < 4.78 is 11.6. The smallest absolute Gasteiger partial charge is 0.251 e. The quantitative estimate of drug-likeness (QED) is 0.208. The van der Waals surface area contributed by atoms with Crippen molar-refractivity contribution in [2.45, 2.75) is 52.4 Å². The minimum Gasteiger partial charge on any atom is -0.507 e. The average molecular weight is 505 g/mol. The van der Waals surface area contributed by atoms with Crippen LogP contribution in [0, 0.1) is 0 Å². The Hall–Kier alpha value is -3.87. The van der Waals surface area contributed by atoms with Crippen LogP contribution in [0.2, 0.25) is 0 Å². The van der Waals surface area contributed by atoms with Crippen LogP contribution in [0.15, 0.2) is 60.9 Å². The van der Waals surface area contributed by atoms with Gasteiger partial charge in [-0.2, -0.15) is 0 Å². The molecule has 0 aliphatic heterocycles. The van der Waals surface area contributed by atoms with Gasteiger partial charge in [-0.25, -0.2) is 0 Å². The second kappa shape index (κ2) is 14.6. The van der Waals surface area contributed by atoms with Crippen molar-refractivity contribution in [2.75, 3.05) is 19.8 Å². The van der Waals surface area contributed by atoms with Crippen molar-refractivity contribution in [3.63, 3.8) is 0 Å². The predicted molar refractivity (Wildman–Crippen MR) is 144 cm³/mol. The van der Waals surface area contributed by atoms with Crippen molar-refractivity contribution in [1.82, 2.24) is 10.3 Å². The Morgan fingerprint density at radius 2 is 1.73 bits per heavy atom. The lowest BCUT2D eigenvalue weighted by molar-refractivity contribution is 0.0951. The molecule has 3 rings (SSSR count). The maximum atomic E-state index is 12.4. The van der Waals surface area contributed by atoms with Crippen LogP contribution in [0.1, 0.15) is 71.4 Å². The molecule has 196 valence electrons. The fourth-order valence-electron chi connectivity index (χ4n) is 3.97. The van der Waals surface area contributed by atoms with Crippen molar-refractivity contribution in [3.8, 4) is 17.2 Å². The number of nitrogens with zero attached hydrogens (tertiary/aromatic N) is 1. The van der Waals surface area contributed by atoms with E-state index in [1.165, 1.54) is 12.5 Å². The third kappa shape index (κ3) is 8.63. The first-order chi connectivity index (χ1) is 18.0. The summed E-state index contributed by atoms with van der Waals surface area (Å²) >= 11 is 0. The van der Waals surface area contributed by atoms with Gasteiger partial charge in [-0.15, -0.1) is 0 Å². The first-order valence-corrected chi connectivity index (χ1v) is 12.9. The number of nitrogens with one attached hydrogen (secondary N) is 1. The summed E-state index contributed by atoms with van der Waals surface area (Å²) in [7, 11) is 0. The number of amides is 1. The number of pyridine rings is 1. The number of phenols is 1. The minimum atomic E-state index is -0.171. The summed E-state index contributed by atoms with van der Waals surface area (Å²) in [5.74, 6) is 1.02. The Labute approximate surface area is 218 Å². The number of carbonyl (C=O) groups is 2. The van der Waals surface area contributed by atoms with Gasteiger partial charge in [0.25, 0.3) is 5.91 Å².